The second-order valence-corrected chi connectivity index (χ2v) is 25.9. The molecular weight excluding hydrogens is 1000 g/mol. The molecule has 0 aromatic carbocycles. The predicted octanol–water partition coefficient (Wildman–Crippen LogP) is 21.6. The van der Waals surface area contributed by atoms with Crippen LogP contribution in [-0.4, -0.2) is 106 Å². The van der Waals surface area contributed by atoms with Crippen LogP contribution in [0.3, 0.4) is 0 Å². The molecule has 2 unspecified atom stereocenters. The Morgan fingerprint density at radius 2 is 0.519 bits per heavy atom. The van der Waals surface area contributed by atoms with Crippen LogP contribution in [0, 0.1) is 11.8 Å². The number of hydrogen-bond donors (Lipinski definition) is 0. The minimum Gasteiger partial charge on any atom is -0.465 e. The molecule has 482 valence electrons. The molecule has 0 aromatic rings. The molecule has 0 saturated heterocycles. The summed E-state index contributed by atoms with van der Waals surface area (Å²) in [6, 6.07) is 0. The van der Waals surface area contributed by atoms with Crippen LogP contribution >= 0.6 is 0 Å². The number of rotatable bonds is 65. The van der Waals surface area contributed by atoms with Crippen LogP contribution in [0.5, 0.6) is 0 Å². The van der Waals surface area contributed by atoms with E-state index in [1.54, 1.807) is 0 Å². The molecule has 0 aliphatic heterocycles. The van der Waals surface area contributed by atoms with Gasteiger partial charge >= 0.3 is 18.0 Å². The highest BCUT2D eigenvalue weighted by atomic mass is 16.6. The van der Waals surface area contributed by atoms with E-state index in [4.69, 9.17) is 14.2 Å². The highest BCUT2D eigenvalue weighted by molar-refractivity contribution is 5.72. The zero-order chi connectivity index (χ0) is 59.3. The summed E-state index contributed by atoms with van der Waals surface area (Å²) in [5.74, 6) is 0.164. The molecule has 0 aliphatic rings. The molecule has 9 nitrogen and oxygen atoms in total. The van der Waals surface area contributed by atoms with Crippen LogP contribution in [0.1, 0.15) is 362 Å². The Hall–Kier alpha value is -1.87. The standard InChI is InChI=1S/C72H143N3O6/c1-9-13-17-21-25-29-31-35-39-47-57-67(55-45-37-33-27-23-19-15-11-3)70(76)79-65-51-43-41-49-59-69(81-72(78)75(63-53-61-73(5)6)64-54-62-74(7)8)60-50-42-44-52-66-80-71(77)68(56-46-38-34-28-24-20-16-12-4)58-48-40-36-32-30-26-22-18-14-10-2/h67-69H,9-66H2,1-8H3. The Kier molecular flexibility index (Phi) is 61.2. The van der Waals surface area contributed by atoms with Gasteiger partial charge in [0.25, 0.3) is 0 Å². The minimum absolute atomic E-state index is 0.0394. The first-order chi connectivity index (χ1) is 39.6. The lowest BCUT2D eigenvalue weighted by atomic mass is 9.94. The van der Waals surface area contributed by atoms with Gasteiger partial charge in [0.15, 0.2) is 0 Å². The van der Waals surface area contributed by atoms with Crippen LogP contribution in [0.15, 0.2) is 0 Å². The quantitative estimate of drug-likeness (QED) is 0.0338. The smallest absolute Gasteiger partial charge is 0.410 e. The van der Waals surface area contributed by atoms with Crippen molar-refractivity contribution in [3.05, 3.63) is 0 Å². The van der Waals surface area contributed by atoms with E-state index in [-0.39, 0.29) is 36.0 Å². The van der Waals surface area contributed by atoms with Crippen LogP contribution in [0.25, 0.3) is 0 Å². The molecule has 0 radical (unpaired) electrons. The molecule has 2 atom stereocenters. The second kappa shape index (κ2) is 62.7. The first-order valence-corrected chi connectivity index (χ1v) is 36.2. The lowest BCUT2D eigenvalue weighted by molar-refractivity contribution is -0.150. The summed E-state index contributed by atoms with van der Waals surface area (Å²) >= 11 is 0. The lowest BCUT2D eigenvalue weighted by Gasteiger charge is -2.27. The van der Waals surface area contributed by atoms with E-state index in [1.165, 1.54) is 205 Å². The van der Waals surface area contributed by atoms with Gasteiger partial charge in [-0.3, -0.25) is 9.59 Å². The summed E-state index contributed by atoms with van der Waals surface area (Å²) in [5.41, 5.74) is 0. The van der Waals surface area contributed by atoms with Gasteiger partial charge in [0.05, 0.1) is 25.0 Å². The van der Waals surface area contributed by atoms with E-state index in [9.17, 15) is 14.4 Å². The Morgan fingerprint density at radius 1 is 0.284 bits per heavy atom. The van der Waals surface area contributed by atoms with Gasteiger partial charge < -0.3 is 28.9 Å². The van der Waals surface area contributed by atoms with E-state index in [1.807, 2.05) is 4.90 Å². The molecule has 0 aromatic heterocycles. The molecule has 0 spiro atoms. The Morgan fingerprint density at radius 3 is 0.778 bits per heavy atom. The largest absolute Gasteiger partial charge is 0.465 e. The molecule has 9 heteroatoms. The van der Waals surface area contributed by atoms with E-state index in [0.717, 1.165) is 142 Å². The van der Waals surface area contributed by atoms with Crippen molar-refractivity contribution in [2.45, 2.75) is 368 Å². The Bertz CT molecular complexity index is 1230. The van der Waals surface area contributed by atoms with Gasteiger partial charge in [-0.15, -0.1) is 0 Å². The highest BCUT2D eigenvalue weighted by Crippen LogP contribution is 2.25. The van der Waals surface area contributed by atoms with Crippen molar-refractivity contribution in [1.82, 2.24) is 14.7 Å². The van der Waals surface area contributed by atoms with Gasteiger partial charge in [0.2, 0.25) is 0 Å². The Labute approximate surface area is 506 Å². The van der Waals surface area contributed by atoms with Crippen LogP contribution in [-0.2, 0) is 23.8 Å². The molecule has 81 heavy (non-hydrogen) atoms. The highest BCUT2D eigenvalue weighted by Gasteiger charge is 2.23. The van der Waals surface area contributed by atoms with Crippen molar-refractivity contribution in [1.29, 1.82) is 0 Å². The number of esters is 2. The van der Waals surface area contributed by atoms with E-state index >= 15 is 0 Å². The summed E-state index contributed by atoms with van der Waals surface area (Å²) < 4.78 is 18.4. The number of amides is 1. The van der Waals surface area contributed by atoms with Gasteiger partial charge in [-0.05, 0) is 118 Å². The third-order valence-electron chi connectivity index (χ3n) is 17.2. The average Bonchev–Trinajstić information content (AvgIpc) is 3.44. The topological polar surface area (TPSA) is 88.6 Å². The number of unbranched alkanes of at least 4 members (excludes halogenated alkanes) is 38. The molecule has 1 amide bonds. The van der Waals surface area contributed by atoms with Gasteiger partial charge in [0, 0.05) is 13.1 Å². The summed E-state index contributed by atoms with van der Waals surface area (Å²) in [7, 11) is 8.35. The number of nitrogens with zero attached hydrogens (tertiary/aromatic N) is 3. The fraction of sp³-hybridized carbons (Fsp3) is 0.958. The van der Waals surface area contributed by atoms with Crippen molar-refractivity contribution in [3.8, 4) is 0 Å². The first-order valence-electron chi connectivity index (χ1n) is 36.2. The van der Waals surface area contributed by atoms with E-state index in [0.29, 0.717) is 26.3 Å². The molecule has 0 fully saturated rings. The fourth-order valence-electron chi connectivity index (χ4n) is 11.7. The summed E-state index contributed by atoms with van der Waals surface area (Å²) in [6.07, 6.45) is 61.9. The van der Waals surface area contributed by atoms with Crippen molar-refractivity contribution in [2.75, 3.05) is 67.6 Å². The zero-order valence-corrected chi connectivity index (χ0v) is 56.0. The SMILES string of the molecule is CCCCCCCCCCCCC(CCCCCCCCCC)C(=O)OCCCCCCC(CCCCCCOC(=O)C(CCCCCCCCCC)CCCCCCCCCCCC)OC(=O)N(CCCN(C)C)CCCN(C)C. The Balaban J connectivity index is 5.31. The molecule has 0 bridgehead atoms. The van der Waals surface area contributed by atoms with Crippen LogP contribution in [0.4, 0.5) is 4.79 Å². The second-order valence-electron chi connectivity index (χ2n) is 25.9. The molecular formula is C72H143N3O6. The van der Waals surface area contributed by atoms with Crippen molar-refractivity contribution in [2.24, 2.45) is 11.8 Å². The maximum Gasteiger partial charge on any atom is 0.410 e. The molecule has 0 rings (SSSR count). The minimum atomic E-state index is -0.171. The van der Waals surface area contributed by atoms with Gasteiger partial charge in [-0.2, -0.15) is 0 Å². The van der Waals surface area contributed by atoms with Gasteiger partial charge in [0.1, 0.15) is 6.10 Å². The van der Waals surface area contributed by atoms with Gasteiger partial charge in [-0.1, -0.05) is 285 Å². The summed E-state index contributed by atoms with van der Waals surface area (Å²) in [6.45, 7) is 13.4. The monoisotopic (exact) mass is 1150 g/mol. The van der Waals surface area contributed by atoms with Crippen molar-refractivity contribution in [3.63, 3.8) is 0 Å². The number of ether oxygens (including phenoxy) is 3. The normalized spacial score (nSPS) is 12.8. The molecule has 0 N–H and O–H groups in total. The van der Waals surface area contributed by atoms with Crippen molar-refractivity contribution < 1.29 is 28.6 Å². The maximum absolute atomic E-state index is 13.9. The summed E-state index contributed by atoms with van der Waals surface area (Å²) in [4.78, 5) is 47.2. The van der Waals surface area contributed by atoms with E-state index in [2.05, 4.69) is 65.7 Å². The molecule has 0 aliphatic carbocycles. The lowest BCUT2D eigenvalue weighted by Crippen LogP contribution is -2.37. The molecule has 0 heterocycles. The fourth-order valence-corrected chi connectivity index (χ4v) is 11.7. The van der Waals surface area contributed by atoms with Gasteiger partial charge in [-0.25, -0.2) is 4.79 Å². The third-order valence-corrected chi connectivity index (χ3v) is 17.2. The number of carbonyl (C=O) groups excluding carboxylic acids is 3. The maximum atomic E-state index is 13.9. The average molecular weight is 1150 g/mol. The van der Waals surface area contributed by atoms with Crippen molar-refractivity contribution >= 4 is 18.0 Å². The third kappa shape index (κ3) is 55.7. The molecule has 0 saturated carbocycles. The summed E-state index contributed by atoms with van der Waals surface area (Å²) in [5, 5.41) is 0. The van der Waals surface area contributed by atoms with E-state index < -0.39 is 0 Å². The first kappa shape index (κ1) is 79.1. The van der Waals surface area contributed by atoms with Crippen LogP contribution < -0.4 is 0 Å². The van der Waals surface area contributed by atoms with Crippen LogP contribution in [0.2, 0.25) is 0 Å². The number of hydrogen-bond acceptors (Lipinski definition) is 8. The zero-order valence-electron chi connectivity index (χ0n) is 56.0. The number of carbonyl (C=O) groups is 3. The predicted molar refractivity (Wildman–Crippen MR) is 351 cm³/mol.